The lowest BCUT2D eigenvalue weighted by molar-refractivity contribution is 0.169. The van der Waals surface area contributed by atoms with Crippen LogP contribution in [0.25, 0.3) is 0 Å². The topological polar surface area (TPSA) is 60.7 Å². The fourth-order valence-corrected chi connectivity index (χ4v) is 1.04. The molecule has 66 valence electrons. The molecular weight excluding hydrogens is 156 g/mol. The van der Waals surface area contributed by atoms with Gasteiger partial charge in [-0.2, -0.15) is 0 Å². The number of phenols is 2. The average molecular weight is 168 g/mol. The van der Waals surface area contributed by atoms with Crippen LogP contribution in [0.15, 0.2) is 18.2 Å². The molecule has 12 heavy (non-hydrogen) atoms. The first-order valence-electron chi connectivity index (χ1n) is 3.85. The van der Waals surface area contributed by atoms with Crippen molar-refractivity contribution in [2.24, 2.45) is 0 Å². The second-order valence-corrected chi connectivity index (χ2v) is 2.64. The maximum absolute atomic E-state index is 9.36. The van der Waals surface area contributed by atoms with E-state index in [1.807, 2.05) is 0 Å². The molecule has 3 N–H and O–H groups in total. The zero-order chi connectivity index (χ0) is 9.14. The summed E-state index contributed by atoms with van der Waals surface area (Å²) in [5, 5.41) is 27.7. The number of rotatable bonds is 2. The van der Waals surface area contributed by atoms with E-state index in [2.05, 4.69) is 0 Å². The highest BCUT2D eigenvalue weighted by Crippen LogP contribution is 2.33. The third-order valence-corrected chi connectivity index (χ3v) is 1.79. The summed E-state index contributed by atoms with van der Waals surface area (Å²) < 4.78 is 0. The summed E-state index contributed by atoms with van der Waals surface area (Å²) in [5.74, 6) is -0.424. The van der Waals surface area contributed by atoms with Gasteiger partial charge in [0.2, 0.25) is 0 Å². The SMILES string of the molecule is CC[C@@H](O)c1cccc(O)c1O. The van der Waals surface area contributed by atoms with Gasteiger partial charge in [-0.15, -0.1) is 0 Å². The summed E-state index contributed by atoms with van der Waals surface area (Å²) in [4.78, 5) is 0. The Hall–Kier alpha value is -1.22. The fraction of sp³-hybridized carbons (Fsp3) is 0.333. The van der Waals surface area contributed by atoms with Gasteiger partial charge in [0.25, 0.3) is 0 Å². The second-order valence-electron chi connectivity index (χ2n) is 2.64. The van der Waals surface area contributed by atoms with Crippen LogP contribution in [0.2, 0.25) is 0 Å². The third kappa shape index (κ3) is 1.51. The van der Waals surface area contributed by atoms with Crippen molar-refractivity contribution in [3.8, 4) is 11.5 Å². The van der Waals surface area contributed by atoms with Crippen LogP contribution in [0.3, 0.4) is 0 Å². The first-order valence-corrected chi connectivity index (χ1v) is 3.85. The molecule has 0 bridgehead atoms. The van der Waals surface area contributed by atoms with Gasteiger partial charge < -0.3 is 15.3 Å². The summed E-state index contributed by atoms with van der Waals surface area (Å²) in [7, 11) is 0. The average Bonchev–Trinajstić information content (AvgIpc) is 2.08. The lowest BCUT2D eigenvalue weighted by Crippen LogP contribution is -1.94. The monoisotopic (exact) mass is 168 g/mol. The van der Waals surface area contributed by atoms with Gasteiger partial charge in [0.05, 0.1) is 6.10 Å². The molecule has 3 heteroatoms. The molecule has 0 fully saturated rings. The largest absolute Gasteiger partial charge is 0.504 e. The van der Waals surface area contributed by atoms with E-state index < -0.39 is 6.10 Å². The first-order chi connectivity index (χ1) is 5.66. The predicted molar refractivity (Wildman–Crippen MR) is 45.0 cm³/mol. The molecule has 1 aromatic rings. The summed E-state index contributed by atoms with van der Waals surface area (Å²) in [5.41, 5.74) is 0.373. The number of aliphatic hydroxyl groups excluding tert-OH is 1. The molecule has 0 aliphatic rings. The Morgan fingerprint density at radius 3 is 2.58 bits per heavy atom. The maximum atomic E-state index is 9.36. The van der Waals surface area contributed by atoms with Crippen LogP contribution in [0.5, 0.6) is 11.5 Å². The molecule has 0 saturated carbocycles. The lowest BCUT2D eigenvalue weighted by Gasteiger charge is -2.10. The highest BCUT2D eigenvalue weighted by Gasteiger charge is 2.12. The Balaban J connectivity index is 3.07. The van der Waals surface area contributed by atoms with Gasteiger partial charge in [0.15, 0.2) is 11.5 Å². The summed E-state index contributed by atoms with van der Waals surface area (Å²) >= 11 is 0. The van der Waals surface area contributed by atoms with Crippen LogP contribution < -0.4 is 0 Å². The van der Waals surface area contributed by atoms with Crippen LogP contribution in [-0.4, -0.2) is 15.3 Å². The van der Waals surface area contributed by atoms with Gasteiger partial charge in [0, 0.05) is 5.56 Å². The number of aliphatic hydroxyl groups is 1. The number of aromatic hydroxyl groups is 2. The Kier molecular flexibility index (Phi) is 2.55. The van der Waals surface area contributed by atoms with Gasteiger partial charge in [-0.05, 0) is 12.5 Å². The van der Waals surface area contributed by atoms with E-state index in [1.54, 1.807) is 19.1 Å². The van der Waals surface area contributed by atoms with Gasteiger partial charge in [0.1, 0.15) is 0 Å². The maximum Gasteiger partial charge on any atom is 0.163 e. The molecule has 0 amide bonds. The molecule has 1 aromatic carbocycles. The molecule has 0 heterocycles. The smallest absolute Gasteiger partial charge is 0.163 e. The van der Waals surface area contributed by atoms with E-state index in [1.165, 1.54) is 6.07 Å². The number of para-hydroxylation sites is 1. The molecule has 1 rings (SSSR count). The zero-order valence-corrected chi connectivity index (χ0v) is 6.86. The molecule has 3 nitrogen and oxygen atoms in total. The van der Waals surface area contributed by atoms with Crippen molar-refractivity contribution < 1.29 is 15.3 Å². The van der Waals surface area contributed by atoms with E-state index in [-0.39, 0.29) is 11.5 Å². The van der Waals surface area contributed by atoms with Crippen LogP contribution in [0.4, 0.5) is 0 Å². The van der Waals surface area contributed by atoms with Crippen LogP contribution >= 0.6 is 0 Å². The van der Waals surface area contributed by atoms with Crippen molar-refractivity contribution in [2.45, 2.75) is 19.4 Å². The number of hydrogen-bond acceptors (Lipinski definition) is 3. The molecule has 0 aliphatic carbocycles. The summed E-state index contributed by atoms with van der Waals surface area (Å²) in [6.45, 7) is 1.80. The van der Waals surface area contributed by atoms with Gasteiger partial charge in [-0.25, -0.2) is 0 Å². The quantitative estimate of drug-likeness (QED) is 0.587. The van der Waals surface area contributed by atoms with Crippen molar-refractivity contribution in [3.05, 3.63) is 23.8 Å². The molecule has 0 radical (unpaired) electrons. The van der Waals surface area contributed by atoms with Gasteiger partial charge in [-0.1, -0.05) is 19.1 Å². The predicted octanol–water partition coefficient (Wildman–Crippen LogP) is 1.54. The van der Waals surface area contributed by atoms with Crippen LogP contribution in [0, 0.1) is 0 Å². The fourth-order valence-electron chi connectivity index (χ4n) is 1.04. The van der Waals surface area contributed by atoms with Crippen molar-refractivity contribution in [1.29, 1.82) is 0 Å². The Morgan fingerprint density at radius 2 is 2.00 bits per heavy atom. The number of benzene rings is 1. The van der Waals surface area contributed by atoms with Crippen molar-refractivity contribution in [2.75, 3.05) is 0 Å². The van der Waals surface area contributed by atoms with Crippen molar-refractivity contribution in [1.82, 2.24) is 0 Å². The molecule has 0 saturated heterocycles. The van der Waals surface area contributed by atoms with Crippen LogP contribution in [-0.2, 0) is 0 Å². The summed E-state index contributed by atoms with van der Waals surface area (Å²) in [6.07, 6.45) is -0.200. The molecule has 0 spiro atoms. The molecule has 0 aromatic heterocycles. The van der Waals surface area contributed by atoms with Gasteiger partial charge >= 0.3 is 0 Å². The number of hydrogen-bond donors (Lipinski definition) is 3. The standard InChI is InChI=1S/C9H12O3/c1-2-7(10)6-4-3-5-8(11)9(6)12/h3-5,7,10-12H,2H2,1H3/t7-/m1/s1. The highest BCUT2D eigenvalue weighted by atomic mass is 16.3. The Labute approximate surface area is 70.9 Å². The molecule has 1 atom stereocenters. The van der Waals surface area contributed by atoms with E-state index >= 15 is 0 Å². The Bertz CT molecular complexity index is 270. The van der Waals surface area contributed by atoms with E-state index in [4.69, 9.17) is 5.11 Å². The van der Waals surface area contributed by atoms with E-state index in [9.17, 15) is 10.2 Å². The highest BCUT2D eigenvalue weighted by molar-refractivity contribution is 5.45. The minimum atomic E-state index is -0.711. The zero-order valence-electron chi connectivity index (χ0n) is 6.86. The minimum Gasteiger partial charge on any atom is -0.504 e. The van der Waals surface area contributed by atoms with E-state index in [0.29, 0.717) is 12.0 Å². The lowest BCUT2D eigenvalue weighted by atomic mass is 10.1. The third-order valence-electron chi connectivity index (χ3n) is 1.79. The van der Waals surface area contributed by atoms with Crippen molar-refractivity contribution >= 4 is 0 Å². The number of phenolic OH excluding ortho intramolecular Hbond substituents is 2. The van der Waals surface area contributed by atoms with Crippen LogP contribution in [0.1, 0.15) is 25.0 Å². The molecule has 0 aliphatic heterocycles. The normalized spacial score (nSPS) is 12.8. The minimum absolute atomic E-state index is 0.194. The molecule has 0 unspecified atom stereocenters. The van der Waals surface area contributed by atoms with Crippen molar-refractivity contribution in [3.63, 3.8) is 0 Å². The Morgan fingerprint density at radius 1 is 1.33 bits per heavy atom. The summed E-state index contributed by atoms with van der Waals surface area (Å²) in [6, 6.07) is 4.55. The first kappa shape index (κ1) is 8.87. The van der Waals surface area contributed by atoms with Gasteiger partial charge in [-0.3, -0.25) is 0 Å². The van der Waals surface area contributed by atoms with E-state index in [0.717, 1.165) is 0 Å². The molecular formula is C9H12O3. The second kappa shape index (κ2) is 3.45.